The highest BCUT2D eigenvalue weighted by atomic mass is 16.1. The lowest BCUT2D eigenvalue weighted by Crippen LogP contribution is -2.25. The molecule has 3 N–H and O–H groups in total. The van der Waals surface area contributed by atoms with Crippen LogP contribution in [0.4, 0.5) is 0 Å². The minimum Gasteiger partial charge on any atom is -0.350 e. The first-order valence-corrected chi connectivity index (χ1v) is 4.61. The zero-order valence-electron chi connectivity index (χ0n) is 8.29. The highest BCUT2D eigenvalue weighted by molar-refractivity contribution is 5.75. The SMILES string of the molecule is Cc1cccnc1CNC(=O)CCN. The summed E-state index contributed by atoms with van der Waals surface area (Å²) >= 11 is 0. The molecule has 0 aliphatic rings. The zero-order chi connectivity index (χ0) is 10.4. The van der Waals surface area contributed by atoms with Gasteiger partial charge in [-0.25, -0.2) is 0 Å². The summed E-state index contributed by atoms with van der Waals surface area (Å²) in [5.41, 5.74) is 7.24. The first kappa shape index (κ1) is 10.7. The Morgan fingerprint density at radius 1 is 1.64 bits per heavy atom. The van der Waals surface area contributed by atoms with E-state index < -0.39 is 0 Å². The predicted molar refractivity (Wildman–Crippen MR) is 54.5 cm³/mol. The zero-order valence-corrected chi connectivity index (χ0v) is 8.29. The number of hydrogen-bond donors (Lipinski definition) is 2. The van der Waals surface area contributed by atoms with Gasteiger partial charge in [0, 0.05) is 19.2 Å². The van der Waals surface area contributed by atoms with Crippen LogP contribution in [-0.2, 0) is 11.3 Å². The number of nitrogens with zero attached hydrogens (tertiary/aromatic N) is 1. The van der Waals surface area contributed by atoms with E-state index in [1.165, 1.54) is 0 Å². The van der Waals surface area contributed by atoms with Crippen LogP contribution in [-0.4, -0.2) is 17.4 Å². The molecule has 0 saturated carbocycles. The molecule has 0 radical (unpaired) electrons. The van der Waals surface area contributed by atoms with Crippen molar-refractivity contribution < 1.29 is 4.79 Å². The van der Waals surface area contributed by atoms with Gasteiger partial charge in [0.05, 0.1) is 12.2 Å². The van der Waals surface area contributed by atoms with Crippen LogP contribution in [0.5, 0.6) is 0 Å². The topological polar surface area (TPSA) is 68.0 Å². The fourth-order valence-corrected chi connectivity index (χ4v) is 1.11. The van der Waals surface area contributed by atoms with E-state index in [9.17, 15) is 4.79 Å². The van der Waals surface area contributed by atoms with Gasteiger partial charge in [-0.2, -0.15) is 0 Å². The van der Waals surface area contributed by atoms with E-state index in [4.69, 9.17) is 5.73 Å². The van der Waals surface area contributed by atoms with Crippen molar-refractivity contribution in [3.63, 3.8) is 0 Å². The summed E-state index contributed by atoms with van der Waals surface area (Å²) in [6, 6.07) is 3.85. The van der Waals surface area contributed by atoms with Crippen molar-refractivity contribution in [3.8, 4) is 0 Å². The first-order chi connectivity index (χ1) is 6.74. The molecule has 1 heterocycles. The fourth-order valence-electron chi connectivity index (χ4n) is 1.11. The Labute approximate surface area is 83.5 Å². The van der Waals surface area contributed by atoms with Gasteiger partial charge in [-0.1, -0.05) is 6.07 Å². The molecule has 76 valence electrons. The second kappa shape index (κ2) is 5.34. The van der Waals surface area contributed by atoms with Crippen molar-refractivity contribution in [2.45, 2.75) is 19.9 Å². The molecule has 0 bridgehead atoms. The van der Waals surface area contributed by atoms with Gasteiger partial charge < -0.3 is 11.1 Å². The average Bonchev–Trinajstić information content (AvgIpc) is 2.17. The number of hydrogen-bond acceptors (Lipinski definition) is 3. The number of aromatic nitrogens is 1. The minimum atomic E-state index is -0.0300. The number of carbonyl (C=O) groups is 1. The Morgan fingerprint density at radius 2 is 2.43 bits per heavy atom. The van der Waals surface area contributed by atoms with E-state index in [-0.39, 0.29) is 5.91 Å². The van der Waals surface area contributed by atoms with Gasteiger partial charge in [0.1, 0.15) is 0 Å². The van der Waals surface area contributed by atoms with Crippen molar-refractivity contribution in [2.75, 3.05) is 6.54 Å². The van der Waals surface area contributed by atoms with Crippen molar-refractivity contribution in [3.05, 3.63) is 29.6 Å². The highest BCUT2D eigenvalue weighted by Crippen LogP contribution is 2.01. The maximum Gasteiger partial charge on any atom is 0.221 e. The second-order valence-electron chi connectivity index (χ2n) is 3.08. The highest BCUT2D eigenvalue weighted by Gasteiger charge is 2.01. The lowest BCUT2D eigenvalue weighted by atomic mass is 10.2. The number of nitrogens with one attached hydrogen (secondary N) is 1. The molecule has 0 aromatic carbocycles. The summed E-state index contributed by atoms with van der Waals surface area (Å²) in [5, 5.41) is 2.76. The molecule has 4 nitrogen and oxygen atoms in total. The minimum absolute atomic E-state index is 0.0300. The molecule has 0 unspecified atom stereocenters. The third-order valence-electron chi connectivity index (χ3n) is 1.94. The van der Waals surface area contributed by atoms with E-state index >= 15 is 0 Å². The van der Waals surface area contributed by atoms with Crippen LogP contribution in [0.1, 0.15) is 17.7 Å². The van der Waals surface area contributed by atoms with Gasteiger partial charge in [-0.05, 0) is 18.6 Å². The van der Waals surface area contributed by atoms with Crippen LogP contribution in [0.3, 0.4) is 0 Å². The smallest absolute Gasteiger partial charge is 0.221 e. The monoisotopic (exact) mass is 193 g/mol. The molecule has 1 amide bonds. The number of aryl methyl sites for hydroxylation is 1. The largest absolute Gasteiger partial charge is 0.350 e. The fraction of sp³-hybridized carbons (Fsp3) is 0.400. The van der Waals surface area contributed by atoms with E-state index in [0.29, 0.717) is 19.5 Å². The van der Waals surface area contributed by atoms with E-state index in [1.807, 2.05) is 19.1 Å². The Morgan fingerprint density at radius 3 is 3.07 bits per heavy atom. The molecular weight excluding hydrogens is 178 g/mol. The lowest BCUT2D eigenvalue weighted by Gasteiger charge is -2.05. The molecule has 0 fully saturated rings. The summed E-state index contributed by atoms with van der Waals surface area (Å²) in [6.45, 7) is 2.83. The van der Waals surface area contributed by atoms with Crippen LogP contribution in [0.25, 0.3) is 0 Å². The summed E-state index contributed by atoms with van der Waals surface area (Å²) < 4.78 is 0. The molecule has 0 atom stereocenters. The molecule has 0 aliphatic carbocycles. The van der Waals surface area contributed by atoms with Crippen molar-refractivity contribution in [1.82, 2.24) is 10.3 Å². The van der Waals surface area contributed by atoms with Crippen molar-refractivity contribution in [1.29, 1.82) is 0 Å². The molecule has 1 rings (SSSR count). The van der Waals surface area contributed by atoms with Crippen LogP contribution in [0, 0.1) is 6.92 Å². The van der Waals surface area contributed by atoms with Crippen molar-refractivity contribution in [2.24, 2.45) is 5.73 Å². The van der Waals surface area contributed by atoms with Crippen molar-refractivity contribution >= 4 is 5.91 Å². The first-order valence-electron chi connectivity index (χ1n) is 4.61. The van der Waals surface area contributed by atoms with Gasteiger partial charge in [-0.3, -0.25) is 9.78 Å². The molecule has 14 heavy (non-hydrogen) atoms. The maximum atomic E-state index is 11.1. The predicted octanol–water partition coefficient (Wildman–Crippen LogP) is 0.355. The Kier molecular flexibility index (Phi) is 4.07. The average molecular weight is 193 g/mol. The van der Waals surface area contributed by atoms with E-state index in [2.05, 4.69) is 10.3 Å². The number of amides is 1. The van der Waals surface area contributed by atoms with Gasteiger partial charge >= 0.3 is 0 Å². The van der Waals surface area contributed by atoms with E-state index in [0.717, 1.165) is 11.3 Å². The number of carbonyl (C=O) groups excluding carboxylic acids is 1. The molecule has 0 saturated heterocycles. The molecule has 1 aromatic rings. The Hall–Kier alpha value is -1.42. The van der Waals surface area contributed by atoms with Crippen LogP contribution < -0.4 is 11.1 Å². The summed E-state index contributed by atoms with van der Waals surface area (Å²) in [7, 11) is 0. The lowest BCUT2D eigenvalue weighted by molar-refractivity contribution is -0.121. The molecule has 1 aromatic heterocycles. The number of nitrogens with two attached hydrogens (primary N) is 1. The molecule has 0 aliphatic heterocycles. The third kappa shape index (κ3) is 3.14. The Balaban J connectivity index is 2.46. The number of pyridine rings is 1. The number of rotatable bonds is 4. The van der Waals surface area contributed by atoms with Crippen LogP contribution >= 0.6 is 0 Å². The maximum absolute atomic E-state index is 11.1. The van der Waals surface area contributed by atoms with Gasteiger partial charge in [0.15, 0.2) is 0 Å². The van der Waals surface area contributed by atoms with Gasteiger partial charge in [-0.15, -0.1) is 0 Å². The summed E-state index contributed by atoms with van der Waals surface area (Å²) in [6.07, 6.45) is 2.09. The standard InChI is InChI=1S/C10H15N3O/c1-8-3-2-6-12-9(8)7-13-10(14)4-5-11/h2-3,6H,4-5,7,11H2,1H3,(H,13,14). The molecule has 0 spiro atoms. The summed E-state index contributed by atoms with van der Waals surface area (Å²) in [5.74, 6) is -0.0300. The van der Waals surface area contributed by atoms with Gasteiger partial charge in [0.2, 0.25) is 5.91 Å². The molecular formula is C10H15N3O. The summed E-state index contributed by atoms with van der Waals surface area (Å²) in [4.78, 5) is 15.3. The normalized spacial score (nSPS) is 9.86. The quantitative estimate of drug-likeness (QED) is 0.725. The second-order valence-corrected chi connectivity index (χ2v) is 3.08. The molecule has 4 heteroatoms. The van der Waals surface area contributed by atoms with Crippen LogP contribution in [0.2, 0.25) is 0 Å². The van der Waals surface area contributed by atoms with E-state index in [1.54, 1.807) is 6.20 Å². The third-order valence-corrected chi connectivity index (χ3v) is 1.94. The van der Waals surface area contributed by atoms with Crippen LogP contribution in [0.15, 0.2) is 18.3 Å². The van der Waals surface area contributed by atoms with Gasteiger partial charge in [0.25, 0.3) is 0 Å². The Bertz CT molecular complexity index is 312.